The van der Waals surface area contributed by atoms with Crippen LogP contribution in [0.25, 0.3) is 5.69 Å². The maximum atomic E-state index is 11.3. The molecule has 6 heteroatoms. The Morgan fingerprint density at radius 2 is 2.00 bits per heavy atom. The smallest absolute Gasteiger partial charge is 0.336 e. The molecule has 0 saturated heterocycles. The van der Waals surface area contributed by atoms with E-state index in [1.54, 1.807) is 17.7 Å². The van der Waals surface area contributed by atoms with Crippen LogP contribution < -0.4 is 0 Å². The summed E-state index contributed by atoms with van der Waals surface area (Å²) in [5, 5.41) is 20.8. The van der Waals surface area contributed by atoms with Crippen molar-refractivity contribution in [1.29, 1.82) is 0 Å². The summed E-state index contributed by atoms with van der Waals surface area (Å²) in [7, 11) is 0. The van der Waals surface area contributed by atoms with Gasteiger partial charge in [0.1, 0.15) is 0 Å². The Morgan fingerprint density at radius 1 is 1.32 bits per heavy atom. The molecule has 0 aliphatic rings. The van der Waals surface area contributed by atoms with E-state index in [1.165, 1.54) is 0 Å². The molecule has 0 unspecified atom stereocenters. The number of benzene rings is 1. The topological polar surface area (TPSA) is 80.9 Å². The lowest BCUT2D eigenvalue weighted by Gasteiger charge is -2.11. The molecule has 0 bridgehead atoms. The first-order chi connectivity index (χ1) is 8.91. The Balaban J connectivity index is 2.63. The van der Waals surface area contributed by atoms with E-state index in [-0.39, 0.29) is 11.5 Å². The van der Waals surface area contributed by atoms with Crippen LogP contribution in [0, 0.1) is 13.8 Å². The molecular weight excluding hydrogens is 244 g/mol. The molecule has 1 N–H and O–H groups in total. The number of hydrogen-bond acceptors (Lipinski definition) is 4. The molecule has 1 aromatic carbocycles. The van der Waals surface area contributed by atoms with Gasteiger partial charge in [-0.25, -0.2) is 4.79 Å². The number of aryl methyl sites for hydroxylation is 1. The van der Waals surface area contributed by atoms with Gasteiger partial charge in [-0.1, -0.05) is 13.8 Å². The van der Waals surface area contributed by atoms with E-state index < -0.39 is 5.97 Å². The molecule has 2 rings (SSSR count). The molecule has 0 aliphatic carbocycles. The van der Waals surface area contributed by atoms with E-state index >= 15 is 0 Å². The van der Waals surface area contributed by atoms with Crippen LogP contribution in [-0.2, 0) is 0 Å². The number of carbonyl (C=O) groups is 1. The lowest BCUT2D eigenvalue weighted by atomic mass is 10.0. The Morgan fingerprint density at radius 3 is 2.58 bits per heavy atom. The van der Waals surface area contributed by atoms with Crippen LogP contribution in [0.1, 0.15) is 47.1 Å². The van der Waals surface area contributed by atoms with Gasteiger partial charge in [0, 0.05) is 5.92 Å². The second kappa shape index (κ2) is 4.79. The molecule has 0 atom stereocenters. The minimum Gasteiger partial charge on any atom is -0.478 e. The largest absolute Gasteiger partial charge is 0.478 e. The van der Waals surface area contributed by atoms with Crippen LogP contribution in [0.5, 0.6) is 0 Å². The van der Waals surface area contributed by atoms with Crippen LogP contribution in [-0.4, -0.2) is 31.3 Å². The second-order valence-corrected chi connectivity index (χ2v) is 4.84. The molecule has 0 saturated carbocycles. The fourth-order valence-electron chi connectivity index (χ4n) is 1.92. The summed E-state index contributed by atoms with van der Waals surface area (Å²) >= 11 is 0. The summed E-state index contributed by atoms with van der Waals surface area (Å²) < 4.78 is 1.59. The number of rotatable bonds is 3. The first kappa shape index (κ1) is 13.2. The summed E-state index contributed by atoms with van der Waals surface area (Å²) in [6.07, 6.45) is 0. The zero-order valence-corrected chi connectivity index (χ0v) is 11.4. The van der Waals surface area contributed by atoms with Crippen molar-refractivity contribution in [2.45, 2.75) is 33.6 Å². The van der Waals surface area contributed by atoms with Gasteiger partial charge in [0.15, 0.2) is 5.82 Å². The van der Waals surface area contributed by atoms with Gasteiger partial charge in [0.05, 0.1) is 11.3 Å². The molecule has 19 heavy (non-hydrogen) atoms. The predicted molar refractivity (Wildman–Crippen MR) is 69.7 cm³/mol. The minimum absolute atomic E-state index is 0.157. The average molecular weight is 260 g/mol. The van der Waals surface area contributed by atoms with Crippen molar-refractivity contribution >= 4 is 5.97 Å². The highest BCUT2D eigenvalue weighted by atomic mass is 16.4. The van der Waals surface area contributed by atoms with Gasteiger partial charge < -0.3 is 5.11 Å². The van der Waals surface area contributed by atoms with Crippen LogP contribution in [0.2, 0.25) is 0 Å². The third-order valence-corrected chi connectivity index (χ3v) is 3.14. The maximum absolute atomic E-state index is 11.3. The molecule has 1 heterocycles. The molecule has 0 amide bonds. The SMILES string of the molecule is Cc1cc(-n2nnnc2C(C)C)cc(C(=O)O)c1C. The number of aromatic nitrogens is 4. The van der Waals surface area contributed by atoms with Crippen molar-refractivity contribution in [1.82, 2.24) is 20.2 Å². The fraction of sp³-hybridized carbons (Fsp3) is 0.385. The third kappa shape index (κ3) is 2.33. The van der Waals surface area contributed by atoms with Gasteiger partial charge in [-0.2, -0.15) is 4.68 Å². The van der Waals surface area contributed by atoms with Gasteiger partial charge >= 0.3 is 5.97 Å². The van der Waals surface area contributed by atoms with Crippen molar-refractivity contribution in [2.75, 3.05) is 0 Å². The predicted octanol–water partition coefficient (Wildman–Crippen LogP) is 2.10. The first-order valence-electron chi connectivity index (χ1n) is 6.05. The van der Waals surface area contributed by atoms with Crippen molar-refractivity contribution in [2.24, 2.45) is 0 Å². The Hall–Kier alpha value is -2.24. The summed E-state index contributed by atoms with van der Waals surface area (Å²) in [6, 6.07) is 3.50. The third-order valence-electron chi connectivity index (χ3n) is 3.14. The van der Waals surface area contributed by atoms with E-state index in [9.17, 15) is 9.90 Å². The Bertz CT molecular complexity index is 632. The number of hydrogen-bond donors (Lipinski definition) is 1. The van der Waals surface area contributed by atoms with Crippen molar-refractivity contribution in [3.05, 3.63) is 34.6 Å². The van der Waals surface area contributed by atoms with Crippen LogP contribution >= 0.6 is 0 Å². The molecule has 100 valence electrons. The Kier molecular flexibility index (Phi) is 3.33. The number of nitrogens with zero attached hydrogens (tertiary/aromatic N) is 4. The quantitative estimate of drug-likeness (QED) is 0.914. The average Bonchev–Trinajstić information content (AvgIpc) is 2.81. The number of carboxylic acids is 1. The molecular formula is C13H16N4O2. The second-order valence-electron chi connectivity index (χ2n) is 4.84. The summed E-state index contributed by atoms with van der Waals surface area (Å²) in [5.74, 6) is -0.0777. The standard InChI is InChI=1S/C13H16N4O2/c1-7(2)12-14-15-16-17(12)10-5-8(3)9(4)11(6-10)13(18)19/h5-7H,1-4H3,(H,18,19). The van der Waals surface area contributed by atoms with Gasteiger partial charge in [-0.3, -0.25) is 0 Å². The first-order valence-corrected chi connectivity index (χ1v) is 6.05. The highest BCUT2D eigenvalue weighted by Gasteiger charge is 2.16. The monoisotopic (exact) mass is 260 g/mol. The molecule has 1 aromatic heterocycles. The number of aromatic carboxylic acids is 1. The van der Waals surface area contributed by atoms with Gasteiger partial charge in [-0.15, -0.1) is 5.10 Å². The number of tetrazole rings is 1. The molecule has 6 nitrogen and oxygen atoms in total. The van der Waals surface area contributed by atoms with Crippen LogP contribution in [0.3, 0.4) is 0 Å². The summed E-state index contributed by atoms with van der Waals surface area (Å²) in [4.78, 5) is 11.3. The number of carboxylic acid groups (broad SMARTS) is 1. The molecule has 0 fully saturated rings. The van der Waals surface area contributed by atoms with Gasteiger partial charge in [-0.05, 0) is 47.5 Å². The van der Waals surface area contributed by atoms with Crippen LogP contribution in [0.4, 0.5) is 0 Å². The summed E-state index contributed by atoms with van der Waals surface area (Å²) in [6.45, 7) is 7.65. The molecule has 2 aromatic rings. The van der Waals surface area contributed by atoms with E-state index in [4.69, 9.17) is 0 Å². The lowest BCUT2D eigenvalue weighted by Crippen LogP contribution is -2.09. The zero-order valence-electron chi connectivity index (χ0n) is 11.4. The zero-order chi connectivity index (χ0) is 14.2. The molecule has 0 radical (unpaired) electrons. The highest BCUT2D eigenvalue weighted by molar-refractivity contribution is 5.90. The van der Waals surface area contributed by atoms with E-state index in [0.717, 1.165) is 11.1 Å². The van der Waals surface area contributed by atoms with E-state index in [0.29, 0.717) is 11.5 Å². The minimum atomic E-state index is -0.943. The molecule has 0 spiro atoms. The van der Waals surface area contributed by atoms with Gasteiger partial charge in [0.2, 0.25) is 0 Å². The maximum Gasteiger partial charge on any atom is 0.336 e. The van der Waals surface area contributed by atoms with Gasteiger partial charge in [0.25, 0.3) is 0 Å². The van der Waals surface area contributed by atoms with Crippen molar-refractivity contribution < 1.29 is 9.90 Å². The molecule has 0 aliphatic heterocycles. The van der Waals surface area contributed by atoms with Crippen molar-refractivity contribution in [3.63, 3.8) is 0 Å². The van der Waals surface area contributed by atoms with E-state index in [1.807, 2.05) is 26.8 Å². The fourth-order valence-corrected chi connectivity index (χ4v) is 1.92. The highest BCUT2D eigenvalue weighted by Crippen LogP contribution is 2.21. The summed E-state index contributed by atoms with van der Waals surface area (Å²) in [5.41, 5.74) is 2.62. The lowest BCUT2D eigenvalue weighted by molar-refractivity contribution is 0.0696. The van der Waals surface area contributed by atoms with Crippen molar-refractivity contribution in [3.8, 4) is 5.69 Å². The Labute approximate surface area is 111 Å². The van der Waals surface area contributed by atoms with Crippen LogP contribution in [0.15, 0.2) is 12.1 Å². The normalized spacial score (nSPS) is 11.0. The van der Waals surface area contributed by atoms with E-state index in [2.05, 4.69) is 15.5 Å².